The fourth-order valence-corrected chi connectivity index (χ4v) is 1.56. The van der Waals surface area contributed by atoms with Crippen LogP contribution in [0.2, 0.25) is 0 Å². The molecule has 0 saturated heterocycles. The molecular formula is C10H14N2O4S. The van der Waals surface area contributed by atoms with Gasteiger partial charge in [0.1, 0.15) is 4.88 Å². The number of carbonyl (C=O) groups excluding carboxylic acids is 2. The minimum atomic E-state index is -0.459. The first kappa shape index (κ1) is 13.6. The fourth-order valence-electron chi connectivity index (χ4n) is 1.07. The highest BCUT2D eigenvalue weighted by Gasteiger charge is 2.15. The highest BCUT2D eigenvalue weighted by molar-refractivity contribution is 7.11. The van der Waals surface area contributed by atoms with Gasteiger partial charge in [-0.1, -0.05) is 0 Å². The maximum atomic E-state index is 11.6. The van der Waals surface area contributed by atoms with Crippen molar-refractivity contribution < 1.29 is 19.2 Å². The van der Waals surface area contributed by atoms with Crippen LogP contribution < -0.4 is 0 Å². The molecule has 7 heteroatoms. The van der Waals surface area contributed by atoms with E-state index in [2.05, 4.69) is 9.72 Å². The van der Waals surface area contributed by atoms with Crippen LogP contribution in [-0.4, -0.2) is 42.2 Å². The predicted molar refractivity (Wildman–Crippen MR) is 61.4 cm³/mol. The average Bonchev–Trinajstić information content (AvgIpc) is 2.87. The zero-order valence-corrected chi connectivity index (χ0v) is 10.5. The summed E-state index contributed by atoms with van der Waals surface area (Å²) < 4.78 is 4.51. The number of esters is 1. The summed E-state index contributed by atoms with van der Waals surface area (Å²) in [5.74, 6) is -0.795. The summed E-state index contributed by atoms with van der Waals surface area (Å²) in [4.78, 5) is 31.8. The SMILES string of the molecule is CCN(CCC(=O)OC)OC(=O)c1cncs1. The molecule has 1 rings (SSSR count). The van der Waals surface area contributed by atoms with Crippen molar-refractivity contribution in [3.05, 3.63) is 16.6 Å². The fraction of sp³-hybridized carbons (Fsp3) is 0.500. The molecule has 0 unspecified atom stereocenters. The van der Waals surface area contributed by atoms with Crippen LogP contribution in [0.15, 0.2) is 11.7 Å². The first-order chi connectivity index (χ1) is 8.17. The molecule has 0 aliphatic heterocycles. The Morgan fingerprint density at radius 2 is 2.29 bits per heavy atom. The number of thiazole rings is 1. The molecule has 17 heavy (non-hydrogen) atoms. The van der Waals surface area contributed by atoms with Crippen molar-refractivity contribution in [2.45, 2.75) is 13.3 Å². The molecule has 0 fully saturated rings. The number of hydrogen-bond acceptors (Lipinski definition) is 7. The molecule has 6 nitrogen and oxygen atoms in total. The summed E-state index contributed by atoms with van der Waals surface area (Å²) in [6.45, 7) is 2.65. The average molecular weight is 258 g/mol. The van der Waals surface area contributed by atoms with Gasteiger partial charge in [0.25, 0.3) is 0 Å². The second-order valence-electron chi connectivity index (χ2n) is 3.09. The van der Waals surface area contributed by atoms with E-state index in [1.165, 1.54) is 29.7 Å². The molecule has 0 bridgehead atoms. The van der Waals surface area contributed by atoms with Gasteiger partial charge in [0.05, 0.1) is 25.2 Å². The van der Waals surface area contributed by atoms with E-state index in [0.29, 0.717) is 18.0 Å². The number of methoxy groups -OCH3 is 1. The van der Waals surface area contributed by atoms with E-state index in [-0.39, 0.29) is 12.4 Å². The highest BCUT2D eigenvalue weighted by atomic mass is 32.1. The minimum Gasteiger partial charge on any atom is -0.469 e. The Balaban J connectivity index is 2.41. The highest BCUT2D eigenvalue weighted by Crippen LogP contribution is 2.08. The molecule has 0 radical (unpaired) electrons. The molecule has 0 aliphatic rings. The Labute approximate surface area is 103 Å². The second-order valence-corrected chi connectivity index (χ2v) is 3.98. The molecule has 1 aromatic rings. The van der Waals surface area contributed by atoms with Crippen LogP contribution in [0.25, 0.3) is 0 Å². The van der Waals surface area contributed by atoms with Crippen molar-refractivity contribution in [1.29, 1.82) is 0 Å². The number of ether oxygens (including phenoxy) is 1. The quantitative estimate of drug-likeness (QED) is 0.562. The lowest BCUT2D eigenvalue weighted by atomic mass is 10.4. The van der Waals surface area contributed by atoms with Crippen LogP contribution in [0.4, 0.5) is 0 Å². The van der Waals surface area contributed by atoms with Gasteiger partial charge in [0.15, 0.2) is 0 Å². The van der Waals surface area contributed by atoms with Gasteiger partial charge in [-0.15, -0.1) is 16.4 Å². The van der Waals surface area contributed by atoms with E-state index in [1.807, 2.05) is 6.92 Å². The van der Waals surface area contributed by atoms with Crippen LogP contribution in [0, 0.1) is 0 Å². The number of nitrogens with zero attached hydrogens (tertiary/aromatic N) is 2. The smallest absolute Gasteiger partial charge is 0.368 e. The monoisotopic (exact) mass is 258 g/mol. The molecule has 0 aromatic carbocycles. The summed E-state index contributed by atoms with van der Waals surface area (Å²) in [5, 5.41) is 1.42. The van der Waals surface area contributed by atoms with E-state index in [4.69, 9.17) is 4.84 Å². The van der Waals surface area contributed by atoms with Crippen LogP contribution in [0.3, 0.4) is 0 Å². The lowest BCUT2D eigenvalue weighted by Gasteiger charge is -2.17. The summed E-state index contributed by atoms with van der Waals surface area (Å²) >= 11 is 1.21. The molecule has 0 aliphatic carbocycles. The maximum absolute atomic E-state index is 11.6. The molecule has 0 N–H and O–H groups in total. The number of rotatable bonds is 6. The first-order valence-electron chi connectivity index (χ1n) is 5.10. The molecule has 0 saturated carbocycles. The topological polar surface area (TPSA) is 68.7 Å². The lowest BCUT2D eigenvalue weighted by Crippen LogP contribution is -2.29. The van der Waals surface area contributed by atoms with Gasteiger partial charge in [-0.25, -0.2) is 4.79 Å². The Kier molecular flexibility index (Phi) is 5.58. The van der Waals surface area contributed by atoms with E-state index in [9.17, 15) is 9.59 Å². The second kappa shape index (κ2) is 6.97. The molecule has 1 aromatic heterocycles. The van der Waals surface area contributed by atoms with Crippen LogP contribution in [0.5, 0.6) is 0 Å². The Morgan fingerprint density at radius 3 is 2.82 bits per heavy atom. The van der Waals surface area contributed by atoms with Crippen molar-refractivity contribution >= 4 is 23.3 Å². The summed E-state index contributed by atoms with van der Waals surface area (Å²) in [6, 6.07) is 0. The first-order valence-corrected chi connectivity index (χ1v) is 5.97. The standard InChI is InChI=1S/C10H14N2O4S/c1-3-12(5-4-9(13)15-2)16-10(14)8-6-11-7-17-8/h6-7H,3-5H2,1-2H3. The van der Waals surface area contributed by atoms with Crippen LogP contribution in [0.1, 0.15) is 23.0 Å². The van der Waals surface area contributed by atoms with Crippen molar-refractivity contribution in [3.8, 4) is 0 Å². The van der Waals surface area contributed by atoms with Crippen LogP contribution >= 0.6 is 11.3 Å². The third-order valence-corrected chi connectivity index (χ3v) is 2.74. The van der Waals surface area contributed by atoms with E-state index in [0.717, 1.165) is 0 Å². The lowest BCUT2D eigenvalue weighted by molar-refractivity contribution is -0.146. The van der Waals surface area contributed by atoms with Gasteiger partial charge < -0.3 is 9.57 Å². The van der Waals surface area contributed by atoms with Crippen LogP contribution in [-0.2, 0) is 14.4 Å². The van der Waals surface area contributed by atoms with Gasteiger partial charge >= 0.3 is 11.9 Å². The number of hydroxylamine groups is 2. The van der Waals surface area contributed by atoms with E-state index in [1.54, 1.807) is 5.51 Å². The largest absolute Gasteiger partial charge is 0.469 e. The number of aromatic nitrogens is 1. The Morgan fingerprint density at radius 1 is 1.53 bits per heavy atom. The number of hydrogen-bond donors (Lipinski definition) is 0. The van der Waals surface area contributed by atoms with E-state index >= 15 is 0 Å². The summed E-state index contributed by atoms with van der Waals surface area (Å²) in [6.07, 6.45) is 1.63. The van der Waals surface area contributed by atoms with Gasteiger partial charge in [-0.2, -0.15) is 0 Å². The zero-order chi connectivity index (χ0) is 12.7. The normalized spacial score (nSPS) is 10.3. The molecule has 1 heterocycles. The van der Waals surface area contributed by atoms with Crippen molar-refractivity contribution in [1.82, 2.24) is 10.0 Å². The number of carbonyl (C=O) groups is 2. The molecule has 0 amide bonds. The predicted octanol–water partition coefficient (Wildman–Crippen LogP) is 1.10. The zero-order valence-electron chi connectivity index (χ0n) is 9.71. The van der Waals surface area contributed by atoms with Gasteiger partial charge in [0.2, 0.25) is 0 Å². The third-order valence-electron chi connectivity index (χ3n) is 1.99. The third kappa shape index (κ3) is 4.49. The summed E-state index contributed by atoms with van der Waals surface area (Å²) in [7, 11) is 1.32. The van der Waals surface area contributed by atoms with Gasteiger partial charge in [-0.05, 0) is 6.92 Å². The Hall–Kier alpha value is -1.47. The molecule has 94 valence electrons. The molecular weight excluding hydrogens is 244 g/mol. The van der Waals surface area contributed by atoms with E-state index < -0.39 is 5.97 Å². The minimum absolute atomic E-state index is 0.181. The molecule has 0 atom stereocenters. The van der Waals surface area contributed by atoms with Gasteiger partial charge in [-0.3, -0.25) is 9.78 Å². The van der Waals surface area contributed by atoms with Crippen molar-refractivity contribution in [2.75, 3.05) is 20.2 Å². The molecule has 0 spiro atoms. The maximum Gasteiger partial charge on any atom is 0.368 e. The van der Waals surface area contributed by atoms with Crippen molar-refractivity contribution in [3.63, 3.8) is 0 Å². The summed E-state index contributed by atoms with van der Waals surface area (Å²) in [5.41, 5.74) is 1.56. The van der Waals surface area contributed by atoms with Gasteiger partial charge in [0, 0.05) is 13.1 Å². The Bertz CT molecular complexity index is 366. The van der Waals surface area contributed by atoms with Crippen molar-refractivity contribution in [2.24, 2.45) is 0 Å².